The minimum Gasteiger partial charge on any atom is -0.424 e. The Morgan fingerprint density at radius 2 is 2.00 bits per heavy atom. The Labute approximate surface area is 151 Å². The van der Waals surface area contributed by atoms with Crippen LogP contribution in [0.2, 0.25) is 5.02 Å². The summed E-state index contributed by atoms with van der Waals surface area (Å²) in [6.45, 7) is 1.27. The Bertz CT molecular complexity index is 749. The van der Waals surface area contributed by atoms with E-state index in [9.17, 15) is 4.79 Å². The molecule has 0 spiro atoms. The van der Waals surface area contributed by atoms with Crippen LogP contribution >= 0.6 is 11.6 Å². The van der Waals surface area contributed by atoms with Crippen LogP contribution in [0.4, 0.5) is 0 Å². The third kappa shape index (κ3) is 3.16. The zero-order valence-corrected chi connectivity index (χ0v) is 14.7. The topological polar surface area (TPSA) is 68.5 Å². The van der Waals surface area contributed by atoms with Gasteiger partial charge in [-0.3, -0.25) is 9.63 Å². The molecule has 1 aromatic carbocycles. The van der Waals surface area contributed by atoms with E-state index in [0.29, 0.717) is 42.8 Å². The van der Waals surface area contributed by atoms with Crippen LogP contribution in [0.15, 0.2) is 28.7 Å². The molecule has 1 amide bonds. The molecular weight excluding hydrogens is 342 g/mol. The van der Waals surface area contributed by atoms with Crippen LogP contribution < -0.4 is 0 Å². The van der Waals surface area contributed by atoms with Gasteiger partial charge < -0.3 is 4.42 Å². The molecule has 2 heterocycles. The highest BCUT2D eigenvalue weighted by Crippen LogP contribution is 2.48. The number of hydrogen-bond acceptors (Lipinski definition) is 5. The van der Waals surface area contributed by atoms with E-state index in [-0.39, 0.29) is 11.3 Å². The Morgan fingerprint density at radius 1 is 1.20 bits per heavy atom. The van der Waals surface area contributed by atoms with Crippen molar-refractivity contribution < 1.29 is 14.0 Å². The fraction of sp³-hybridized carbons (Fsp3) is 0.500. The number of carbonyl (C=O) groups excluding carboxylic acids is 1. The van der Waals surface area contributed by atoms with Gasteiger partial charge in [0.25, 0.3) is 0 Å². The number of carbonyl (C=O) groups is 1. The monoisotopic (exact) mass is 361 g/mol. The SMILES string of the molecule is O=C(CCc1nnc(C2(c3ccc(Cl)cc3)CCC2)o1)N1CCCO1. The summed E-state index contributed by atoms with van der Waals surface area (Å²) in [5, 5.41) is 10.6. The number of aryl methyl sites for hydroxylation is 1. The van der Waals surface area contributed by atoms with Crippen molar-refractivity contribution >= 4 is 17.5 Å². The summed E-state index contributed by atoms with van der Waals surface area (Å²) in [4.78, 5) is 17.3. The van der Waals surface area contributed by atoms with Gasteiger partial charge >= 0.3 is 0 Å². The molecule has 4 rings (SSSR count). The maximum atomic E-state index is 12.0. The fourth-order valence-corrected chi connectivity index (χ4v) is 3.58. The van der Waals surface area contributed by atoms with Crippen LogP contribution in [0.3, 0.4) is 0 Å². The third-order valence-corrected chi connectivity index (χ3v) is 5.32. The predicted octanol–water partition coefficient (Wildman–Crippen LogP) is 3.29. The van der Waals surface area contributed by atoms with Crippen molar-refractivity contribution in [2.24, 2.45) is 0 Å². The first-order valence-corrected chi connectivity index (χ1v) is 9.07. The lowest BCUT2D eigenvalue weighted by Crippen LogP contribution is -2.35. The molecule has 0 atom stereocenters. The average Bonchev–Trinajstić information content (AvgIpc) is 3.25. The number of rotatable bonds is 5. The lowest BCUT2D eigenvalue weighted by molar-refractivity contribution is -0.168. The van der Waals surface area contributed by atoms with E-state index < -0.39 is 0 Å². The average molecular weight is 362 g/mol. The summed E-state index contributed by atoms with van der Waals surface area (Å²) in [5.41, 5.74) is 0.942. The molecule has 1 aromatic heterocycles. The van der Waals surface area contributed by atoms with E-state index in [1.807, 2.05) is 24.3 Å². The summed E-state index contributed by atoms with van der Waals surface area (Å²) in [6.07, 6.45) is 4.73. The highest BCUT2D eigenvalue weighted by atomic mass is 35.5. The molecule has 1 aliphatic heterocycles. The van der Waals surface area contributed by atoms with Crippen LogP contribution in [-0.4, -0.2) is 34.3 Å². The zero-order valence-electron chi connectivity index (χ0n) is 13.9. The summed E-state index contributed by atoms with van der Waals surface area (Å²) in [5.74, 6) is 1.11. The highest BCUT2D eigenvalue weighted by molar-refractivity contribution is 6.30. The van der Waals surface area contributed by atoms with Gasteiger partial charge in [-0.25, -0.2) is 5.06 Å². The maximum Gasteiger partial charge on any atom is 0.246 e. The van der Waals surface area contributed by atoms with Crippen LogP contribution in [0.1, 0.15) is 49.4 Å². The van der Waals surface area contributed by atoms with Gasteiger partial charge in [-0.15, -0.1) is 10.2 Å². The third-order valence-electron chi connectivity index (χ3n) is 5.06. The molecule has 25 heavy (non-hydrogen) atoms. The Balaban J connectivity index is 1.46. The van der Waals surface area contributed by atoms with E-state index in [1.54, 1.807) is 0 Å². The van der Waals surface area contributed by atoms with Crippen LogP contribution in [-0.2, 0) is 21.5 Å². The second-order valence-electron chi connectivity index (χ2n) is 6.63. The summed E-state index contributed by atoms with van der Waals surface area (Å²) in [7, 11) is 0. The number of amides is 1. The molecule has 2 fully saturated rings. The van der Waals surface area contributed by atoms with E-state index in [4.69, 9.17) is 20.9 Å². The van der Waals surface area contributed by atoms with Crippen molar-refractivity contribution in [3.63, 3.8) is 0 Å². The molecule has 7 heteroatoms. The second kappa shape index (κ2) is 6.77. The molecule has 1 aliphatic carbocycles. The van der Waals surface area contributed by atoms with Crippen LogP contribution in [0, 0.1) is 0 Å². The van der Waals surface area contributed by atoms with Crippen LogP contribution in [0.25, 0.3) is 0 Å². The first-order chi connectivity index (χ1) is 12.2. The molecule has 6 nitrogen and oxygen atoms in total. The van der Waals surface area contributed by atoms with Crippen molar-refractivity contribution in [2.75, 3.05) is 13.2 Å². The smallest absolute Gasteiger partial charge is 0.246 e. The van der Waals surface area contributed by atoms with Crippen molar-refractivity contribution in [1.82, 2.24) is 15.3 Å². The second-order valence-corrected chi connectivity index (χ2v) is 7.06. The zero-order chi connectivity index (χ0) is 17.3. The van der Waals surface area contributed by atoms with E-state index >= 15 is 0 Å². The van der Waals surface area contributed by atoms with Gasteiger partial charge in [0, 0.05) is 17.9 Å². The standard InChI is InChI=1S/C18H20ClN3O3/c19-14-5-3-13(4-6-14)18(9-1-10-18)17-21-20-15(25-17)7-8-16(23)22-11-2-12-24-22/h3-6H,1-2,7-12H2. The van der Waals surface area contributed by atoms with Gasteiger partial charge in [-0.2, -0.15) is 0 Å². The minimum atomic E-state index is -0.210. The largest absolute Gasteiger partial charge is 0.424 e. The fourth-order valence-electron chi connectivity index (χ4n) is 3.46. The molecule has 1 saturated heterocycles. The van der Waals surface area contributed by atoms with E-state index in [2.05, 4.69) is 10.2 Å². The molecule has 0 radical (unpaired) electrons. The number of benzene rings is 1. The first-order valence-electron chi connectivity index (χ1n) is 8.70. The van der Waals surface area contributed by atoms with Gasteiger partial charge in [0.05, 0.1) is 18.6 Å². The molecule has 1 saturated carbocycles. The van der Waals surface area contributed by atoms with Gasteiger partial charge in [0.1, 0.15) is 0 Å². The molecule has 2 aromatic rings. The number of aromatic nitrogens is 2. The van der Waals surface area contributed by atoms with E-state index in [1.165, 1.54) is 5.06 Å². The highest BCUT2D eigenvalue weighted by Gasteiger charge is 2.45. The molecular formula is C18H20ClN3O3. The molecule has 0 unspecified atom stereocenters. The minimum absolute atomic E-state index is 0.0340. The molecule has 0 N–H and O–H groups in total. The summed E-state index contributed by atoms with van der Waals surface area (Å²) >= 11 is 6.00. The Kier molecular flexibility index (Phi) is 4.48. The summed E-state index contributed by atoms with van der Waals surface area (Å²) < 4.78 is 5.92. The van der Waals surface area contributed by atoms with Crippen molar-refractivity contribution in [3.05, 3.63) is 46.6 Å². The Hall–Kier alpha value is -1.92. The number of nitrogens with zero attached hydrogens (tertiary/aromatic N) is 3. The molecule has 2 aliphatic rings. The predicted molar refractivity (Wildman–Crippen MR) is 91.0 cm³/mol. The Morgan fingerprint density at radius 3 is 2.64 bits per heavy atom. The number of halogens is 1. The van der Waals surface area contributed by atoms with Crippen molar-refractivity contribution in [1.29, 1.82) is 0 Å². The van der Waals surface area contributed by atoms with Gasteiger partial charge in [0.2, 0.25) is 17.7 Å². The summed E-state index contributed by atoms with van der Waals surface area (Å²) in [6, 6.07) is 7.84. The van der Waals surface area contributed by atoms with Crippen molar-refractivity contribution in [3.8, 4) is 0 Å². The van der Waals surface area contributed by atoms with Crippen molar-refractivity contribution in [2.45, 2.75) is 43.9 Å². The lowest BCUT2D eigenvalue weighted by Gasteiger charge is -2.39. The molecule has 0 bridgehead atoms. The van der Waals surface area contributed by atoms with Gasteiger partial charge in [-0.05, 0) is 37.0 Å². The maximum absolute atomic E-state index is 12.0. The quantitative estimate of drug-likeness (QED) is 0.817. The van der Waals surface area contributed by atoms with Crippen LogP contribution in [0.5, 0.6) is 0 Å². The number of hydroxylamine groups is 2. The normalized spacial score (nSPS) is 19.0. The van der Waals surface area contributed by atoms with Gasteiger partial charge in [-0.1, -0.05) is 30.2 Å². The number of hydrogen-bond donors (Lipinski definition) is 0. The van der Waals surface area contributed by atoms with Gasteiger partial charge in [0.15, 0.2) is 0 Å². The first kappa shape index (κ1) is 16.5. The van der Waals surface area contributed by atoms with E-state index in [0.717, 1.165) is 31.2 Å². The molecule has 132 valence electrons. The lowest BCUT2D eigenvalue weighted by atomic mass is 9.64.